The summed E-state index contributed by atoms with van der Waals surface area (Å²) in [7, 11) is 0. The van der Waals surface area contributed by atoms with Crippen LogP contribution in [0.15, 0.2) is 18.6 Å². The average Bonchev–Trinajstić information content (AvgIpc) is 2.98. The molecule has 1 aliphatic rings. The van der Waals surface area contributed by atoms with Crippen molar-refractivity contribution in [2.24, 2.45) is 0 Å². The first kappa shape index (κ1) is 13.7. The lowest BCUT2D eigenvalue weighted by Gasteiger charge is -2.31. The van der Waals surface area contributed by atoms with Crippen LogP contribution in [0.5, 0.6) is 5.75 Å². The second-order valence-electron chi connectivity index (χ2n) is 4.78. The first-order chi connectivity index (χ1) is 10.2. The quantitative estimate of drug-likeness (QED) is 0.910. The molecule has 2 heterocycles. The molecule has 0 fully saturated rings. The molecule has 21 heavy (non-hydrogen) atoms. The zero-order valence-corrected chi connectivity index (χ0v) is 11.6. The van der Waals surface area contributed by atoms with Crippen molar-refractivity contribution in [2.45, 2.75) is 13.5 Å². The lowest BCUT2D eigenvalue weighted by atomic mass is 10.1. The highest BCUT2D eigenvalue weighted by molar-refractivity contribution is 5.68. The van der Waals surface area contributed by atoms with Crippen molar-refractivity contribution in [3.63, 3.8) is 0 Å². The Balaban J connectivity index is 1.99. The largest absolute Gasteiger partial charge is 0.486 e. The summed E-state index contributed by atoms with van der Waals surface area (Å²) in [6, 6.07) is 1.59. The van der Waals surface area contributed by atoms with E-state index < -0.39 is 11.6 Å². The van der Waals surface area contributed by atoms with Crippen LogP contribution in [0.4, 0.5) is 20.2 Å². The Bertz CT molecular complexity index is 630. The average molecular weight is 294 g/mol. The third kappa shape index (κ3) is 2.51. The van der Waals surface area contributed by atoms with E-state index in [1.165, 1.54) is 0 Å². The van der Waals surface area contributed by atoms with Gasteiger partial charge in [0.15, 0.2) is 11.6 Å². The maximum Gasteiger partial charge on any atom is 0.204 e. The van der Waals surface area contributed by atoms with Gasteiger partial charge in [-0.2, -0.15) is 4.39 Å². The van der Waals surface area contributed by atoms with Crippen LogP contribution in [0, 0.1) is 11.6 Å². The summed E-state index contributed by atoms with van der Waals surface area (Å²) in [4.78, 5) is 8.91. The monoisotopic (exact) mass is 294 g/mol. The van der Waals surface area contributed by atoms with Crippen molar-refractivity contribution < 1.29 is 13.5 Å². The molecule has 112 valence electrons. The summed E-state index contributed by atoms with van der Waals surface area (Å²) >= 11 is 0. The Kier molecular flexibility index (Phi) is 3.64. The molecule has 1 aromatic heterocycles. The maximum atomic E-state index is 14.1. The van der Waals surface area contributed by atoms with Crippen molar-refractivity contribution in [3.05, 3.63) is 35.9 Å². The van der Waals surface area contributed by atoms with Gasteiger partial charge in [0, 0.05) is 12.7 Å². The van der Waals surface area contributed by atoms with E-state index in [4.69, 9.17) is 4.74 Å². The van der Waals surface area contributed by atoms with Crippen LogP contribution < -0.4 is 15.0 Å². The molecule has 2 N–H and O–H groups in total. The Morgan fingerprint density at radius 2 is 2.29 bits per heavy atom. The third-order valence-electron chi connectivity index (χ3n) is 3.37. The number of aromatic nitrogens is 2. The molecule has 0 saturated heterocycles. The summed E-state index contributed by atoms with van der Waals surface area (Å²) in [6.07, 6.45) is 3.30. The first-order valence-corrected chi connectivity index (χ1v) is 6.81. The zero-order valence-electron chi connectivity index (χ0n) is 11.6. The number of imidazole rings is 1. The highest BCUT2D eigenvalue weighted by atomic mass is 19.2. The molecule has 7 heteroatoms. The molecule has 3 rings (SSSR count). The molecule has 1 aromatic carbocycles. The molecule has 0 amide bonds. The molecule has 1 aliphatic heterocycles. The Labute approximate surface area is 120 Å². The number of ether oxygens (including phenoxy) is 1. The molecule has 0 radical (unpaired) electrons. The summed E-state index contributed by atoms with van der Waals surface area (Å²) in [5.74, 6) is -1.88. The van der Waals surface area contributed by atoms with E-state index >= 15 is 0 Å². The smallest absolute Gasteiger partial charge is 0.204 e. The van der Waals surface area contributed by atoms with Gasteiger partial charge in [-0.05, 0) is 13.0 Å². The predicted molar refractivity (Wildman–Crippen MR) is 75.7 cm³/mol. The molecule has 0 unspecified atom stereocenters. The summed E-state index contributed by atoms with van der Waals surface area (Å²) in [6.45, 7) is 3.79. The Morgan fingerprint density at radius 3 is 3.00 bits per heavy atom. The number of benzene rings is 1. The Hall–Kier alpha value is -2.31. The van der Waals surface area contributed by atoms with Crippen molar-refractivity contribution in [3.8, 4) is 5.75 Å². The number of rotatable bonds is 4. The SMILES string of the molecule is CCNc1cc2c(c(F)c1F)OCCN2Cc1cnc[nH]1. The molecule has 2 aromatic rings. The van der Waals surface area contributed by atoms with Crippen molar-refractivity contribution >= 4 is 11.4 Å². The van der Waals surface area contributed by atoms with Crippen molar-refractivity contribution in [1.82, 2.24) is 9.97 Å². The minimum absolute atomic E-state index is 0.0279. The number of hydrogen-bond donors (Lipinski definition) is 2. The lowest BCUT2D eigenvalue weighted by Crippen LogP contribution is -2.33. The molecule has 0 spiro atoms. The van der Waals surface area contributed by atoms with E-state index in [1.807, 2.05) is 11.8 Å². The van der Waals surface area contributed by atoms with Crippen LogP contribution in [0.25, 0.3) is 0 Å². The number of nitrogens with one attached hydrogen (secondary N) is 2. The number of fused-ring (bicyclic) bond motifs is 1. The van der Waals surface area contributed by atoms with E-state index in [1.54, 1.807) is 18.6 Å². The van der Waals surface area contributed by atoms with Crippen LogP contribution in [0.1, 0.15) is 12.6 Å². The first-order valence-electron chi connectivity index (χ1n) is 6.81. The number of hydrogen-bond acceptors (Lipinski definition) is 4. The van der Waals surface area contributed by atoms with E-state index in [-0.39, 0.29) is 11.4 Å². The molecular weight excluding hydrogens is 278 g/mol. The van der Waals surface area contributed by atoms with Gasteiger partial charge in [-0.15, -0.1) is 0 Å². The standard InChI is InChI=1S/C14H16F2N4O/c1-2-18-10-5-11-14(13(16)12(10)15)21-4-3-20(11)7-9-6-17-8-19-9/h5-6,8,18H,2-4,7H2,1H3,(H,17,19). The number of anilines is 2. The van der Waals surface area contributed by atoms with Crippen molar-refractivity contribution in [2.75, 3.05) is 29.9 Å². The van der Waals surface area contributed by atoms with Crippen LogP contribution >= 0.6 is 0 Å². The van der Waals surface area contributed by atoms with Gasteiger partial charge >= 0.3 is 0 Å². The van der Waals surface area contributed by atoms with Crippen LogP contribution in [0.3, 0.4) is 0 Å². The Morgan fingerprint density at radius 1 is 1.43 bits per heavy atom. The van der Waals surface area contributed by atoms with E-state index in [9.17, 15) is 8.78 Å². The molecule has 5 nitrogen and oxygen atoms in total. The fourth-order valence-corrected chi connectivity index (χ4v) is 2.41. The number of nitrogens with zero attached hydrogens (tertiary/aromatic N) is 2. The summed E-state index contributed by atoms with van der Waals surface area (Å²) in [5, 5.41) is 2.83. The van der Waals surface area contributed by atoms with E-state index in [2.05, 4.69) is 15.3 Å². The van der Waals surface area contributed by atoms with Gasteiger partial charge in [0.1, 0.15) is 6.61 Å². The highest BCUT2D eigenvalue weighted by Gasteiger charge is 2.26. The summed E-state index contributed by atoms with van der Waals surface area (Å²) < 4.78 is 33.4. The van der Waals surface area contributed by atoms with Gasteiger partial charge in [0.05, 0.1) is 36.5 Å². The second kappa shape index (κ2) is 5.59. The minimum Gasteiger partial charge on any atom is -0.486 e. The lowest BCUT2D eigenvalue weighted by molar-refractivity contribution is 0.285. The number of H-pyrrole nitrogens is 1. The highest BCUT2D eigenvalue weighted by Crippen LogP contribution is 2.39. The predicted octanol–water partition coefficient (Wildman–Crippen LogP) is 2.52. The van der Waals surface area contributed by atoms with Gasteiger partial charge in [0.2, 0.25) is 5.82 Å². The molecular formula is C14H16F2N4O. The van der Waals surface area contributed by atoms with E-state index in [0.29, 0.717) is 31.9 Å². The fraction of sp³-hybridized carbons (Fsp3) is 0.357. The van der Waals surface area contributed by atoms with Crippen molar-refractivity contribution in [1.29, 1.82) is 0 Å². The van der Waals surface area contributed by atoms with Gasteiger partial charge in [0.25, 0.3) is 0 Å². The van der Waals surface area contributed by atoms with Crippen LogP contribution in [-0.4, -0.2) is 29.7 Å². The minimum atomic E-state index is -0.947. The topological polar surface area (TPSA) is 53.2 Å². The van der Waals surface area contributed by atoms with Crippen LogP contribution in [-0.2, 0) is 6.54 Å². The second-order valence-corrected chi connectivity index (χ2v) is 4.78. The third-order valence-corrected chi connectivity index (χ3v) is 3.37. The normalized spacial score (nSPS) is 13.8. The van der Waals surface area contributed by atoms with Crippen LogP contribution in [0.2, 0.25) is 0 Å². The fourth-order valence-electron chi connectivity index (χ4n) is 2.41. The number of halogens is 2. The van der Waals surface area contributed by atoms with Gasteiger partial charge < -0.3 is 19.9 Å². The molecule has 0 aliphatic carbocycles. The number of aromatic amines is 1. The molecule has 0 saturated carbocycles. The summed E-state index contributed by atoms with van der Waals surface area (Å²) in [5.41, 5.74) is 1.59. The van der Waals surface area contributed by atoms with Gasteiger partial charge in [-0.1, -0.05) is 0 Å². The van der Waals surface area contributed by atoms with E-state index in [0.717, 1.165) is 5.69 Å². The van der Waals surface area contributed by atoms with Gasteiger partial charge in [-0.25, -0.2) is 9.37 Å². The zero-order chi connectivity index (χ0) is 14.8. The molecule has 0 atom stereocenters. The molecule has 0 bridgehead atoms. The van der Waals surface area contributed by atoms with Gasteiger partial charge in [-0.3, -0.25) is 0 Å². The maximum absolute atomic E-state index is 14.1.